The summed E-state index contributed by atoms with van der Waals surface area (Å²) in [4.78, 5) is 2.06. The molecule has 2 heterocycles. The summed E-state index contributed by atoms with van der Waals surface area (Å²) in [6, 6.07) is 3.59. The van der Waals surface area contributed by atoms with Crippen LogP contribution in [0.2, 0.25) is 0 Å². The summed E-state index contributed by atoms with van der Waals surface area (Å²) in [7, 11) is 0. The molecular formula is C14H17F3N2O. The highest BCUT2D eigenvalue weighted by molar-refractivity contribution is 5.70. The lowest BCUT2D eigenvalue weighted by Gasteiger charge is -2.53. The molecule has 1 aromatic carbocycles. The van der Waals surface area contributed by atoms with Crippen LogP contribution in [0.25, 0.3) is 0 Å². The predicted molar refractivity (Wildman–Crippen MR) is 70.6 cm³/mol. The summed E-state index contributed by atoms with van der Waals surface area (Å²) in [6.07, 6.45) is -2.31. The van der Waals surface area contributed by atoms with Crippen LogP contribution in [0.5, 0.6) is 0 Å². The van der Waals surface area contributed by atoms with E-state index in [1.807, 2.05) is 0 Å². The zero-order valence-corrected chi connectivity index (χ0v) is 11.0. The van der Waals surface area contributed by atoms with Crippen molar-refractivity contribution >= 4 is 11.4 Å². The molecule has 3 nitrogen and oxygen atoms in total. The van der Waals surface area contributed by atoms with Gasteiger partial charge in [0, 0.05) is 31.7 Å². The largest absolute Gasteiger partial charge is 0.416 e. The maximum absolute atomic E-state index is 12.6. The first-order chi connectivity index (χ1) is 9.40. The van der Waals surface area contributed by atoms with Gasteiger partial charge in [-0.15, -0.1) is 0 Å². The second-order valence-electron chi connectivity index (χ2n) is 5.74. The zero-order valence-electron chi connectivity index (χ0n) is 11.0. The van der Waals surface area contributed by atoms with Gasteiger partial charge in [-0.25, -0.2) is 0 Å². The molecule has 2 saturated heterocycles. The molecule has 0 aliphatic carbocycles. The molecule has 1 aromatic rings. The molecule has 1 spiro atoms. The minimum Gasteiger partial charge on any atom is -0.397 e. The molecule has 2 fully saturated rings. The van der Waals surface area contributed by atoms with Crippen LogP contribution in [0.3, 0.4) is 0 Å². The Morgan fingerprint density at radius 1 is 1.15 bits per heavy atom. The standard InChI is InChI=1S/C14H17F3N2O/c15-14(16,17)10-1-2-12(11(18)7-10)19-8-13(9-19)3-5-20-6-4-13/h1-2,7H,3-6,8-9,18H2. The lowest BCUT2D eigenvalue weighted by molar-refractivity contribution is -0.137. The number of alkyl halides is 3. The quantitative estimate of drug-likeness (QED) is 0.807. The molecule has 2 N–H and O–H groups in total. The van der Waals surface area contributed by atoms with Gasteiger partial charge < -0.3 is 15.4 Å². The van der Waals surface area contributed by atoms with E-state index in [0.29, 0.717) is 5.69 Å². The Morgan fingerprint density at radius 3 is 2.35 bits per heavy atom. The number of nitrogens with two attached hydrogens (primary N) is 1. The first kappa shape index (κ1) is 13.5. The lowest BCUT2D eigenvalue weighted by Crippen LogP contribution is -2.58. The maximum atomic E-state index is 12.6. The Bertz CT molecular complexity index is 502. The van der Waals surface area contributed by atoms with Gasteiger partial charge in [-0.3, -0.25) is 0 Å². The van der Waals surface area contributed by atoms with E-state index >= 15 is 0 Å². The van der Waals surface area contributed by atoms with Gasteiger partial charge >= 0.3 is 6.18 Å². The average Bonchev–Trinajstić information content (AvgIpc) is 2.36. The fraction of sp³-hybridized carbons (Fsp3) is 0.571. The summed E-state index contributed by atoms with van der Waals surface area (Å²) < 4.78 is 43.1. The molecule has 0 saturated carbocycles. The van der Waals surface area contributed by atoms with E-state index in [0.717, 1.165) is 51.3 Å². The molecule has 20 heavy (non-hydrogen) atoms. The zero-order chi connectivity index (χ0) is 14.4. The highest BCUT2D eigenvalue weighted by Crippen LogP contribution is 2.44. The van der Waals surface area contributed by atoms with Gasteiger partial charge in [0.15, 0.2) is 0 Å². The third-order valence-electron chi connectivity index (χ3n) is 4.30. The Hall–Kier alpha value is -1.43. The van der Waals surface area contributed by atoms with E-state index in [-0.39, 0.29) is 11.1 Å². The molecule has 110 valence electrons. The number of anilines is 2. The van der Waals surface area contributed by atoms with E-state index in [1.165, 1.54) is 6.07 Å². The van der Waals surface area contributed by atoms with Crippen LogP contribution >= 0.6 is 0 Å². The second kappa shape index (κ2) is 4.55. The van der Waals surface area contributed by atoms with Crippen molar-refractivity contribution in [1.82, 2.24) is 0 Å². The Balaban J connectivity index is 1.73. The van der Waals surface area contributed by atoms with Crippen molar-refractivity contribution < 1.29 is 17.9 Å². The minimum absolute atomic E-state index is 0.196. The van der Waals surface area contributed by atoms with Gasteiger partial charge in [-0.05, 0) is 31.0 Å². The molecule has 6 heteroatoms. The molecule has 3 rings (SSSR count). The molecule has 2 aliphatic rings. The fourth-order valence-electron chi connectivity index (χ4n) is 3.07. The highest BCUT2D eigenvalue weighted by atomic mass is 19.4. The number of benzene rings is 1. The number of hydrogen-bond donors (Lipinski definition) is 1. The predicted octanol–water partition coefficient (Wildman–Crippen LogP) is 2.90. The van der Waals surface area contributed by atoms with Crippen molar-refractivity contribution in [3.63, 3.8) is 0 Å². The number of nitrogens with zero attached hydrogens (tertiary/aromatic N) is 1. The molecular weight excluding hydrogens is 269 g/mol. The number of halogens is 3. The van der Waals surface area contributed by atoms with Crippen molar-refractivity contribution in [3.05, 3.63) is 23.8 Å². The van der Waals surface area contributed by atoms with Crippen LogP contribution in [0.1, 0.15) is 18.4 Å². The van der Waals surface area contributed by atoms with E-state index < -0.39 is 11.7 Å². The van der Waals surface area contributed by atoms with Gasteiger partial charge in [-0.2, -0.15) is 13.2 Å². The Kier molecular flexibility index (Phi) is 3.08. The van der Waals surface area contributed by atoms with Crippen molar-refractivity contribution in [1.29, 1.82) is 0 Å². The van der Waals surface area contributed by atoms with Crippen molar-refractivity contribution in [2.75, 3.05) is 36.9 Å². The SMILES string of the molecule is Nc1cc(C(F)(F)F)ccc1N1CC2(CCOCC2)C1. The highest BCUT2D eigenvalue weighted by Gasteiger charge is 2.44. The third kappa shape index (κ3) is 2.32. The summed E-state index contributed by atoms with van der Waals surface area (Å²) in [5.41, 5.74) is 6.26. The van der Waals surface area contributed by atoms with Crippen LogP contribution in [0, 0.1) is 5.41 Å². The van der Waals surface area contributed by atoms with Crippen molar-refractivity contribution in [2.24, 2.45) is 5.41 Å². The third-order valence-corrected chi connectivity index (χ3v) is 4.30. The minimum atomic E-state index is -4.34. The molecule has 2 aliphatic heterocycles. The normalized spacial score (nSPS) is 21.9. The number of rotatable bonds is 1. The van der Waals surface area contributed by atoms with Crippen LogP contribution in [0.15, 0.2) is 18.2 Å². The van der Waals surface area contributed by atoms with Gasteiger partial charge in [-0.1, -0.05) is 0 Å². The van der Waals surface area contributed by atoms with Crippen molar-refractivity contribution in [2.45, 2.75) is 19.0 Å². The van der Waals surface area contributed by atoms with Crippen LogP contribution < -0.4 is 10.6 Å². The molecule has 0 amide bonds. The summed E-state index contributed by atoms with van der Waals surface area (Å²) in [6.45, 7) is 3.25. The van der Waals surface area contributed by atoms with Gasteiger partial charge in [0.1, 0.15) is 0 Å². The summed E-state index contributed by atoms with van der Waals surface area (Å²) in [5, 5.41) is 0. The molecule has 0 aromatic heterocycles. The average molecular weight is 286 g/mol. The van der Waals surface area contributed by atoms with E-state index in [9.17, 15) is 13.2 Å². The van der Waals surface area contributed by atoms with Crippen LogP contribution in [-0.2, 0) is 10.9 Å². The first-order valence-corrected chi connectivity index (χ1v) is 6.69. The van der Waals surface area contributed by atoms with Crippen LogP contribution in [0.4, 0.5) is 24.5 Å². The van der Waals surface area contributed by atoms with E-state index in [1.54, 1.807) is 0 Å². The Labute approximate surface area is 115 Å². The van der Waals surface area contributed by atoms with Crippen molar-refractivity contribution in [3.8, 4) is 0 Å². The topological polar surface area (TPSA) is 38.5 Å². The Morgan fingerprint density at radius 2 is 1.80 bits per heavy atom. The fourth-order valence-corrected chi connectivity index (χ4v) is 3.07. The summed E-state index contributed by atoms with van der Waals surface area (Å²) >= 11 is 0. The number of ether oxygens (including phenoxy) is 1. The monoisotopic (exact) mass is 286 g/mol. The first-order valence-electron chi connectivity index (χ1n) is 6.69. The summed E-state index contributed by atoms with van der Waals surface area (Å²) in [5.74, 6) is 0. The molecule has 0 atom stereocenters. The number of nitrogen functional groups attached to an aromatic ring is 1. The number of hydrogen-bond acceptors (Lipinski definition) is 3. The molecule has 0 unspecified atom stereocenters. The van der Waals surface area contributed by atoms with Gasteiger partial charge in [0.25, 0.3) is 0 Å². The lowest BCUT2D eigenvalue weighted by atomic mass is 9.73. The van der Waals surface area contributed by atoms with E-state index in [4.69, 9.17) is 10.5 Å². The second-order valence-corrected chi connectivity index (χ2v) is 5.74. The van der Waals surface area contributed by atoms with Gasteiger partial charge in [0.05, 0.1) is 16.9 Å². The molecule has 0 bridgehead atoms. The maximum Gasteiger partial charge on any atom is 0.416 e. The molecule has 0 radical (unpaired) electrons. The smallest absolute Gasteiger partial charge is 0.397 e. The van der Waals surface area contributed by atoms with Crippen LogP contribution in [-0.4, -0.2) is 26.3 Å². The van der Waals surface area contributed by atoms with E-state index in [2.05, 4.69) is 4.90 Å². The van der Waals surface area contributed by atoms with Gasteiger partial charge in [0.2, 0.25) is 0 Å².